The molecule has 0 aromatic carbocycles. The summed E-state index contributed by atoms with van der Waals surface area (Å²) in [6.07, 6.45) is 10.8. The lowest BCUT2D eigenvalue weighted by Crippen LogP contribution is -2.54. The van der Waals surface area contributed by atoms with E-state index >= 15 is 0 Å². The largest absolute Gasteiger partial charge is 0.336 e. The second kappa shape index (κ2) is 17.4. The molecular weight excluding hydrogens is 420 g/mol. The van der Waals surface area contributed by atoms with E-state index in [1.165, 1.54) is 13.7 Å². The molecule has 33 heavy (non-hydrogen) atoms. The second-order valence-electron chi connectivity index (χ2n) is 8.27. The first-order valence-corrected chi connectivity index (χ1v) is 12.1. The molecule has 0 bridgehead atoms. The molecule has 0 saturated heterocycles. The van der Waals surface area contributed by atoms with Gasteiger partial charge in [-0.25, -0.2) is 28.1 Å². The van der Waals surface area contributed by atoms with E-state index in [0.29, 0.717) is 38.5 Å². The summed E-state index contributed by atoms with van der Waals surface area (Å²) in [6.45, 7) is 0.776. The van der Waals surface area contributed by atoms with Gasteiger partial charge in [0.2, 0.25) is 0 Å². The number of nitriles is 3. The van der Waals surface area contributed by atoms with Gasteiger partial charge in [-0.05, 0) is 38.5 Å². The van der Waals surface area contributed by atoms with Crippen LogP contribution in [0.25, 0.3) is 0 Å². The third kappa shape index (κ3) is 10.4. The summed E-state index contributed by atoms with van der Waals surface area (Å²) >= 11 is 0. The number of hydrogen-bond acceptors (Lipinski definition) is 6. The summed E-state index contributed by atoms with van der Waals surface area (Å²) in [4.78, 5) is 38.8. The summed E-state index contributed by atoms with van der Waals surface area (Å²) in [5, 5.41) is 25.9. The van der Waals surface area contributed by atoms with Crippen LogP contribution in [0.4, 0.5) is 0 Å². The van der Waals surface area contributed by atoms with Gasteiger partial charge in [-0.1, -0.05) is 38.5 Å². The monoisotopic (exact) mass is 456 g/mol. The van der Waals surface area contributed by atoms with Crippen molar-refractivity contribution in [3.05, 3.63) is 31.5 Å². The Bertz CT molecular complexity index is 841. The van der Waals surface area contributed by atoms with Crippen LogP contribution in [0.1, 0.15) is 96.3 Å². The van der Waals surface area contributed by atoms with E-state index in [-0.39, 0.29) is 19.6 Å². The molecule has 1 rings (SSSR count). The van der Waals surface area contributed by atoms with Crippen molar-refractivity contribution in [3.63, 3.8) is 0 Å². The lowest BCUT2D eigenvalue weighted by Gasteiger charge is -2.14. The highest BCUT2D eigenvalue weighted by atomic mass is 16.2. The first-order valence-electron chi connectivity index (χ1n) is 12.1. The summed E-state index contributed by atoms with van der Waals surface area (Å²) in [5.41, 5.74) is -1.65. The predicted octanol–water partition coefficient (Wildman–Crippen LogP) is 3.59. The van der Waals surface area contributed by atoms with Crippen LogP contribution in [0.2, 0.25) is 0 Å². The topological polar surface area (TPSA) is 137 Å². The zero-order chi connectivity index (χ0) is 24.3. The maximum atomic E-state index is 12.9. The summed E-state index contributed by atoms with van der Waals surface area (Å²) in [7, 11) is 0. The van der Waals surface area contributed by atoms with E-state index in [1.807, 2.05) is 0 Å². The van der Waals surface area contributed by atoms with Crippen molar-refractivity contribution in [2.45, 2.75) is 116 Å². The maximum Gasteiger partial charge on any atom is 0.336 e. The molecule has 9 heteroatoms. The highest BCUT2D eigenvalue weighted by Gasteiger charge is 2.15. The smallest absolute Gasteiger partial charge is 0.247 e. The Morgan fingerprint density at radius 3 is 0.909 bits per heavy atom. The van der Waals surface area contributed by atoms with Crippen LogP contribution in [0, 0.1) is 34.0 Å². The molecule has 0 spiro atoms. The van der Waals surface area contributed by atoms with Crippen molar-refractivity contribution in [3.8, 4) is 18.2 Å². The lowest BCUT2D eigenvalue weighted by molar-refractivity contribution is 0.413. The quantitative estimate of drug-likeness (QED) is 0.309. The van der Waals surface area contributed by atoms with Crippen molar-refractivity contribution in [1.82, 2.24) is 13.7 Å². The molecule has 0 radical (unpaired) electrons. The molecule has 0 aliphatic heterocycles. The molecule has 9 nitrogen and oxygen atoms in total. The van der Waals surface area contributed by atoms with Crippen LogP contribution in [0.3, 0.4) is 0 Å². The molecular formula is C24H36N6O3. The summed E-state index contributed by atoms with van der Waals surface area (Å²) in [5.74, 6) is 0. The number of hydrogen-bond donors (Lipinski definition) is 0. The average molecular weight is 457 g/mol. The Morgan fingerprint density at radius 1 is 0.424 bits per heavy atom. The molecule has 1 aromatic rings. The highest BCUT2D eigenvalue weighted by molar-refractivity contribution is 4.80. The molecule has 1 heterocycles. The fourth-order valence-corrected chi connectivity index (χ4v) is 3.74. The normalized spacial score (nSPS) is 10.5. The zero-order valence-electron chi connectivity index (χ0n) is 19.6. The number of unbranched alkanes of at least 4 members (excludes halogenated alkanes) is 12. The van der Waals surface area contributed by atoms with Gasteiger partial charge in [0.15, 0.2) is 0 Å². The van der Waals surface area contributed by atoms with E-state index in [4.69, 9.17) is 15.8 Å². The van der Waals surface area contributed by atoms with Crippen LogP contribution in [0.15, 0.2) is 14.4 Å². The van der Waals surface area contributed by atoms with Gasteiger partial charge >= 0.3 is 17.1 Å². The number of nitrogens with zero attached hydrogens (tertiary/aromatic N) is 6. The van der Waals surface area contributed by atoms with Crippen LogP contribution in [-0.2, 0) is 19.6 Å². The van der Waals surface area contributed by atoms with E-state index in [2.05, 4.69) is 18.2 Å². The van der Waals surface area contributed by atoms with E-state index in [0.717, 1.165) is 57.8 Å². The van der Waals surface area contributed by atoms with Crippen molar-refractivity contribution in [1.29, 1.82) is 15.8 Å². The Balaban J connectivity index is 2.93. The molecule has 0 aliphatic carbocycles. The van der Waals surface area contributed by atoms with Crippen molar-refractivity contribution < 1.29 is 0 Å². The zero-order valence-corrected chi connectivity index (χ0v) is 19.6. The van der Waals surface area contributed by atoms with Gasteiger partial charge in [-0.3, -0.25) is 0 Å². The van der Waals surface area contributed by atoms with Crippen molar-refractivity contribution >= 4 is 0 Å². The predicted molar refractivity (Wildman–Crippen MR) is 125 cm³/mol. The van der Waals surface area contributed by atoms with E-state index in [1.54, 1.807) is 0 Å². The average Bonchev–Trinajstić information content (AvgIpc) is 2.81. The van der Waals surface area contributed by atoms with Gasteiger partial charge in [0.05, 0.1) is 18.2 Å². The van der Waals surface area contributed by atoms with Crippen molar-refractivity contribution in [2.24, 2.45) is 0 Å². The van der Waals surface area contributed by atoms with Crippen LogP contribution >= 0.6 is 0 Å². The molecule has 0 atom stereocenters. The molecule has 0 amide bonds. The van der Waals surface area contributed by atoms with Gasteiger partial charge in [-0.2, -0.15) is 15.8 Å². The van der Waals surface area contributed by atoms with Gasteiger partial charge < -0.3 is 0 Å². The molecule has 0 aliphatic rings. The van der Waals surface area contributed by atoms with Gasteiger partial charge in [0.25, 0.3) is 0 Å². The van der Waals surface area contributed by atoms with E-state index in [9.17, 15) is 14.4 Å². The molecule has 180 valence electrons. The Morgan fingerprint density at radius 2 is 0.667 bits per heavy atom. The maximum absolute atomic E-state index is 12.9. The molecule has 0 N–H and O–H groups in total. The first-order chi connectivity index (χ1) is 16.1. The fraction of sp³-hybridized carbons (Fsp3) is 0.750. The van der Waals surface area contributed by atoms with Gasteiger partial charge in [-0.15, -0.1) is 0 Å². The standard InChI is InChI=1S/C24H36N6O3/c25-16-10-4-1-7-13-19-28-22(31)29(20-14-8-2-5-11-17-26)24(33)30(23(28)32)21-15-9-3-6-12-18-27/h1-15,19-21H2. The molecule has 0 unspecified atom stereocenters. The SMILES string of the molecule is N#CCCCCCCn1c(=O)n(CCCCCCC#N)c(=O)n(CCCCCCC#N)c1=O. The number of rotatable bonds is 18. The van der Waals surface area contributed by atoms with Crippen LogP contribution < -0.4 is 17.1 Å². The number of aromatic nitrogens is 3. The minimum atomic E-state index is -0.552. The van der Waals surface area contributed by atoms with Crippen LogP contribution in [0.5, 0.6) is 0 Å². The fourth-order valence-electron chi connectivity index (χ4n) is 3.74. The van der Waals surface area contributed by atoms with Crippen LogP contribution in [-0.4, -0.2) is 13.7 Å². The molecule has 1 aromatic heterocycles. The Hall–Kier alpha value is -3.12. The van der Waals surface area contributed by atoms with Crippen molar-refractivity contribution in [2.75, 3.05) is 0 Å². The van der Waals surface area contributed by atoms with E-state index < -0.39 is 17.1 Å². The van der Waals surface area contributed by atoms with Gasteiger partial charge in [0.1, 0.15) is 0 Å². The second-order valence-corrected chi connectivity index (χ2v) is 8.27. The Kier molecular flexibility index (Phi) is 14.7. The summed E-state index contributed by atoms with van der Waals surface area (Å²) in [6, 6.07) is 6.33. The third-order valence-corrected chi connectivity index (χ3v) is 5.65. The molecule has 0 saturated carbocycles. The first kappa shape index (κ1) is 27.9. The lowest BCUT2D eigenvalue weighted by atomic mass is 10.1. The minimum Gasteiger partial charge on any atom is -0.247 e. The highest BCUT2D eigenvalue weighted by Crippen LogP contribution is 2.05. The minimum absolute atomic E-state index is 0.259. The third-order valence-electron chi connectivity index (χ3n) is 5.65. The summed E-state index contributed by atoms with van der Waals surface area (Å²) < 4.78 is 3.53. The van der Waals surface area contributed by atoms with Gasteiger partial charge in [0, 0.05) is 38.9 Å². The Labute approximate surface area is 195 Å². The molecule has 0 fully saturated rings.